The Morgan fingerprint density at radius 3 is 1.98 bits per heavy atom. The van der Waals surface area contributed by atoms with Crippen LogP contribution in [-0.4, -0.2) is 193 Å². The van der Waals surface area contributed by atoms with Gasteiger partial charge in [-0.2, -0.15) is 0 Å². The number of carbonyl (C=O) groups excluding carboxylic acids is 1. The molecule has 1 spiro atoms. The van der Waals surface area contributed by atoms with Crippen LogP contribution < -0.4 is 0 Å². The second kappa shape index (κ2) is 17.7. The van der Waals surface area contributed by atoms with Crippen LogP contribution in [0.3, 0.4) is 0 Å². The molecule has 9 fully saturated rings. The quantitative estimate of drug-likeness (QED) is 0.123. The summed E-state index contributed by atoms with van der Waals surface area (Å²) in [6.07, 6.45) is -17.8. The van der Waals surface area contributed by atoms with Gasteiger partial charge in [0.15, 0.2) is 30.8 Å². The maximum Gasteiger partial charge on any atom is 0.205 e. The minimum absolute atomic E-state index is 0.00863. The number of ether oxygens (including phenoxy) is 8. The third-order valence-electron chi connectivity index (χ3n) is 18.3. The molecule has 19 nitrogen and oxygen atoms in total. The molecule has 0 aromatic carbocycles. The first-order valence-electron chi connectivity index (χ1n) is 23.7. The highest BCUT2D eigenvalue weighted by Crippen LogP contribution is 2.71. The SMILES string of the molecule is CC1COC2(OC3CC4C5CCC6CC(OC7OC(CO)C(OC8OC(CO)C(O)C(O)C8O)C(O)C7OC7OC(C)C(O)C(O)C7O)CCC6(C)C5CCC4(C)C3C2C)C(O)C1=O. The standard InChI is InChI=1S/C45H72O19/c1-17-16-57-45(39(56)29(17)48)18(2)28-25(64-45)13-24-22-7-6-20-12-21(8-10-43(20,4)23(22)9-11-44(24,28)5)59-42-38(63-40-34(53)32(51)30(49)19(3)58-40)36(55)37(27(15-47)61-42)62-41-35(54)33(52)31(50)26(14-46)60-41/h17-28,30-42,46-47,49-56H,6-16H2,1-5H3. The predicted octanol–water partition coefficient (Wildman–Crippen LogP) is -1.56. The van der Waals surface area contributed by atoms with Gasteiger partial charge in [-0.05, 0) is 98.7 Å². The van der Waals surface area contributed by atoms with Crippen molar-refractivity contribution in [3.8, 4) is 0 Å². The number of fused-ring (bicyclic) bond motifs is 7. The van der Waals surface area contributed by atoms with E-state index < -0.39 is 117 Å². The van der Waals surface area contributed by atoms with Gasteiger partial charge in [0.2, 0.25) is 5.79 Å². The number of aliphatic hydroxyl groups is 10. The van der Waals surface area contributed by atoms with Gasteiger partial charge in [-0.1, -0.05) is 27.7 Å². The van der Waals surface area contributed by atoms with E-state index in [-0.39, 0.29) is 53.2 Å². The molecule has 5 aliphatic heterocycles. The second-order valence-corrected chi connectivity index (χ2v) is 21.5. The number of aliphatic hydroxyl groups excluding tert-OH is 10. The fourth-order valence-corrected chi connectivity index (χ4v) is 14.6. The molecule has 366 valence electrons. The molecular formula is C45H72O19. The third kappa shape index (κ3) is 7.50. The molecule has 28 unspecified atom stereocenters. The van der Waals surface area contributed by atoms with Crippen molar-refractivity contribution in [3.05, 3.63) is 0 Å². The van der Waals surface area contributed by atoms with Crippen molar-refractivity contribution in [2.75, 3.05) is 19.8 Å². The molecule has 10 N–H and O–H groups in total. The van der Waals surface area contributed by atoms with Crippen molar-refractivity contribution < 1.29 is 93.8 Å². The first-order chi connectivity index (χ1) is 30.3. The van der Waals surface area contributed by atoms with Crippen LogP contribution in [0.1, 0.15) is 86.0 Å². The number of carbonyl (C=O) groups is 1. The van der Waals surface area contributed by atoms with Crippen LogP contribution in [-0.2, 0) is 42.7 Å². The second-order valence-electron chi connectivity index (χ2n) is 21.5. The number of hydrogen-bond acceptors (Lipinski definition) is 19. The summed E-state index contributed by atoms with van der Waals surface area (Å²) in [5, 5.41) is 107. The van der Waals surface area contributed by atoms with E-state index in [1.54, 1.807) is 6.92 Å². The van der Waals surface area contributed by atoms with E-state index in [0.29, 0.717) is 36.5 Å². The first-order valence-corrected chi connectivity index (χ1v) is 23.7. The number of rotatable bonds is 8. The van der Waals surface area contributed by atoms with Crippen molar-refractivity contribution in [2.24, 2.45) is 52.3 Å². The third-order valence-corrected chi connectivity index (χ3v) is 18.3. The lowest BCUT2D eigenvalue weighted by atomic mass is 9.44. The Morgan fingerprint density at radius 2 is 1.28 bits per heavy atom. The van der Waals surface area contributed by atoms with E-state index in [0.717, 1.165) is 38.5 Å². The van der Waals surface area contributed by atoms with E-state index in [1.807, 2.05) is 0 Å². The normalized spacial score (nSPS) is 58.7. The van der Waals surface area contributed by atoms with Crippen molar-refractivity contribution in [1.82, 2.24) is 0 Å². The molecule has 5 saturated heterocycles. The highest BCUT2D eigenvalue weighted by atomic mass is 16.8. The minimum atomic E-state index is -1.83. The maximum absolute atomic E-state index is 13.0. The molecule has 4 saturated carbocycles. The Balaban J connectivity index is 0.901. The Bertz CT molecular complexity index is 1670. The smallest absolute Gasteiger partial charge is 0.205 e. The van der Waals surface area contributed by atoms with Gasteiger partial charge in [0.25, 0.3) is 0 Å². The zero-order valence-electron chi connectivity index (χ0n) is 37.4. The molecule has 0 aromatic heterocycles. The van der Waals surface area contributed by atoms with Gasteiger partial charge in [-0.15, -0.1) is 0 Å². The number of Topliss-reactive ketones (excluding diaryl/α,β-unsaturated/α-hetero) is 1. The maximum atomic E-state index is 13.0. The minimum Gasteiger partial charge on any atom is -0.394 e. The zero-order chi connectivity index (χ0) is 45.9. The van der Waals surface area contributed by atoms with Crippen LogP contribution >= 0.6 is 0 Å². The molecule has 9 aliphatic rings. The summed E-state index contributed by atoms with van der Waals surface area (Å²) >= 11 is 0. The lowest BCUT2D eigenvalue weighted by molar-refractivity contribution is -0.390. The number of hydrogen-bond donors (Lipinski definition) is 10. The van der Waals surface area contributed by atoms with Crippen molar-refractivity contribution >= 4 is 5.78 Å². The van der Waals surface area contributed by atoms with Gasteiger partial charge in [-0.3, -0.25) is 4.79 Å². The molecule has 5 heterocycles. The Kier molecular flexibility index (Phi) is 13.3. The van der Waals surface area contributed by atoms with Gasteiger partial charge in [0, 0.05) is 11.8 Å². The Morgan fingerprint density at radius 1 is 0.641 bits per heavy atom. The molecule has 4 aliphatic carbocycles. The average Bonchev–Trinajstić information content (AvgIpc) is 3.74. The summed E-state index contributed by atoms with van der Waals surface area (Å²) in [4.78, 5) is 13.0. The van der Waals surface area contributed by atoms with Gasteiger partial charge in [0.05, 0.1) is 38.1 Å². The van der Waals surface area contributed by atoms with Gasteiger partial charge >= 0.3 is 0 Å². The van der Waals surface area contributed by atoms with Crippen LogP contribution in [0.15, 0.2) is 0 Å². The molecule has 0 bridgehead atoms. The largest absolute Gasteiger partial charge is 0.394 e. The lowest BCUT2D eigenvalue weighted by Gasteiger charge is -2.61. The van der Waals surface area contributed by atoms with Crippen molar-refractivity contribution in [2.45, 2.75) is 202 Å². The zero-order valence-corrected chi connectivity index (χ0v) is 37.4. The van der Waals surface area contributed by atoms with Crippen LogP contribution in [0.2, 0.25) is 0 Å². The Hall–Kier alpha value is -1.05. The van der Waals surface area contributed by atoms with Crippen LogP contribution in [0, 0.1) is 52.3 Å². The molecule has 0 aromatic rings. The topological polar surface area (TPSA) is 293 Å². The summed E-state index contributed by atoms with van der Waals surface area (Å²) in [5.74, 6) is -0.213. The average molecular weight is 917 g/mol. The molecule has 0 radical (unpaired) electrons. The monoisotopic (exact) mass is 916 g/mol. The van der Waals surface area contributed by atoms with Crippen LogP contribution in [0.4, 0.5) is 0 Å². The summed E-state index contributed by atoms with van der Waals surface area (Å²) in [6, 6.07) is 0. The van der Waals surface area contributed by atoms with E-state index >= 15 is 0 Å². The van der Waals surface area contributed by atoms with E-state index in [2.05, 4.69) is 20.8 Å². The number of ketones is 1. The molecule has 19 heteroatoms. The molecule has 28 atom stereocenters. The summed E-state index contributed by atoms with van der Waals surface area (Å²) in [5.41, 5.74) is -0.0223. The predicted molar refractivity (Wildman–Crippen MR) is 216 cm³/mol. The van der Waals surface area contributed by atoms with Crippen molar-refractivity contribution in [1.29, 1.82) is 0 Å². The molecule has 0 amide bonds. The van der Waals surface area contributed by atoms with Crippen molar-refractivity contribution in [3.63, 3.8) is 0 Å². The molecule has 64 heavy (non-hydrogen) atoms. The fraction of sp³-hybridized carbons (Fsp3) is 0.978. The van der Waals surface area contributed by atoms with Crippen LogP contribution in [0.25, 0.3) is 0 Å². The van der Waals surface area contributed by atoms with E-state index in [4.69, 9.17) is 37.9 Å². The van der Waals surface area contributed by atoms with Gasteiger partial charge in [-0.25, -0.2) is 0 Å². The Labute approximate surface area is 373 Å². The van der Waals surface area contributed by atoms with E-state index in [9.17, 15) is 55.9 Å². The lowest BCUT2D eigenvalue weighted by Crippen LogP contribution is -2.67. The van der Waals surface area contributed by atoms with Crippen LogP contribution in [0.5, 0.6) is 0 Å². The highest BCUT2D eigenvalue weighted by Gasteiger charge is 2.72. The molecule has 9 rings (SSSR count). The summed E-state index contributed by atoms with van der Waals surface area (Å²) in [7, 11) is 0. The summed E-state index contributed by atoms with van der Waals surface area (Å²) < 4.78 is 49.3. The van der Waals surface area contributed by atoms with Gasteiger partial charge < -0.3 is 89.0 Å². The summed E-state index contributed by atoms with van der Waals surface area (Å²) in [6.45, 7) is 8.97. The fourth-order valence-electron chi connectivity index (χ4n) is 14.6. The molecular weight excluding hydrogens is 844 g/mol. The van der Waals surface area contributed by atoms with Gasteiger partial charge in [0.1, 0.15) is 67.1 Å². The van der Waals surface area contributed by atoms with E-state index in [1.165, 1.54) is 6.92 Å². The first kappa shape index (κ1) is 48.0. The highest BCUT2D eigenvalue weighted by molar-refractivity contribution is 5.86.